The van der Waals surface area contributed by atoms with Gasteiger partial charge >= 0.3 is 6.36 Å². The second-order valence-electron chi connectivity index (χ2n) is 3.64. The average Bonchev–Trinajstić information content (AvgIpc) is 2.37. The number of benzene rings is 1. The van der Waals surface area contributed by atoms with E-state index in [1.807, 2.05) is 0 Å². The molecule has 0 aliphatic rings. The molecule has 19 heavy (non-hydrogen) atoms. The fraction of sp³-hybridized carbons (Fsp3) is 0.167. The van der Waals surface area contributed by atoms with E-state index in [4.69, 9.17) is 0 Å². The molecule has 1 aromatic heterocycles. The summed E-state index contributed by atoms with van der Waals surface area (Å²) < 4.78 is 40.6. The number of anilines is 1. The monoisotopic (exact) mass is 269 g/mol. The van der Waals surface area contributed by atoms with Crippen LogP contribution in [0, 0.1) is 0 Å². The number of hydrogen-bond donors (Lipinski definition) is 1. The summed E-state index contributed by atoms with van der Waals surface area (Å²) >= 11 is 0. The van der Waals surface area contributed by atoms with Crippen LogP contribution in [0.2, 0.25) is 0 Å². The standard InChI is InChI=1S/C12H10F3N3O/c13-12(14,15)19-11-4-2-1-3-10(11)18-7-9-5-16-8-17-6-9/h1-6,8,18H,7H2. The van der Waals surface area contributed by atoms with Gasteiger partial charge in [0.15, 0.2) is 5.75 Å². The van der Waals surface area contributed by atoms with Crippen LogP contribution in [0.25, 0.3) is 0 Å². The van der Waals surface area contributed by atoms with Crippen molar-refractivity contribution in [2.75, 3.05) is 5.32 Å². The number of hydrogen-bond acceptors (Lipinski definition) is 4. The van der Waals surface area contributed by atoms with Crippen molar-refractivity contribution in [3.8, 4) is 5.75 Å². The van der Waals surface area contributed by atoms with E-state index < -0.39 is 6.36 Å². The average molecular weight is 269 g/mol. The molecule has 0 amide bonds. The first-order valence-corrected chi connectivity index (χ1v) is 5.37. The molecule has 0 saturated heterocycles. The van der Waals surface area contributed by atoms with Crippen LogP contribution in [0.3, 0.4) is 0 Å². The third-order valence-electron chi connectivity index (χ3n) is 2.21. The number of rotatable bonds is 4. The minimum Gasteiger partial charge on any atom is -0.404 e. The molecule has 0 spiro atoms. The molecule has 0 atom stereocenters. The summed E-state index contributed by atoms with van der Waals surface area (Å²) in [5.74, 6) is -0.271. The Morgan fingerprint density at radius 1 is 1.11 bits per heavy atom. The molecule has 0 radical (unpaired) electrons. The Morgan fingerprint density at radius 2 is 1.79 bits per heavy atom. The topological polar surface area (TPSA) is 47.0 Å². The van der Waals surface area contributed by atoms with Gasteiger partial charge in [-0.05, 0) is 12.1 Å². The zero-order valence-electron chi connectivity index (χ0n) is 9.69. The maximum absolute atomic E-state index is 12.2. The van der Waals surface area contributed by atoms with Gasteiger partial charge in [-0.1, -0.05) is 12.1 Å². The van der Waals surface area contributed by atoms with E-state index in [0.29, 0.717) is 6.54 Å². The van der Waals surface area contributed by atoms with Crippen molar-refractivity contribution in [1.82, 2.24) is 9.97 Å². The normalized spacial score (nSPS) is 11.1. The van der Waals surface area contributed by atoms with Crippen LogP contribution in [-0.4, -0.2) is 16.3 Å². The molecule has 100 valence electrons. The fourth-order valence-corrected chi connectivity index (χ4v) is 1.44. The maximum atomic E-state index is 12.2. The summed E-state index contributed by atoms with van der Waals surface area (Å²) in [5.41, 5.74) is 1.01. The van der Waals surface area contributed by atoms with Gasteiger partial charge in [0.05, 0.1) is 5.69 Å². The quantitative estimate of drug-likeness (QED) is 0.926. The third-order valence-corrected chi connectivity index (χ3v) is 2.21. The predicted molar refractivity (Wildman–Crippen MR) is 62.5 cm³/mol. The molecule has 2 rings (SSSR count). The van der Waals surface area contributed by atoms with Gasteiger partial charge in [-0.2, -0.15) is 0 Å². The summed E-state index contributed by atoms with van der Waals surface area (Å²) in [6, 6.07) is 5.84. The summed E-state index contributed by atoms with van der Waals surface area (Å²) in [5, 5.41) is 2.85. The van der Waals surface area contributed by atoms with Gasteiger partial charge in [-0.25, -0.2) is 9.97 Å². The number of para-hydroxylation sites is 2. The van der Waals surface area contributed by atoms with E-state index in [2.05, 4.69) is 20.0 Å². The third kappa shape index (κ3) is 4.13. The molecule has 4 nitrogen and oxygen atoms in total. The molecular weight excluding hydrogens is 259 g/mol. The molecule has 1 N–H and O–H groups in total. The molecule has 7 heteroatoms. The Bertz CT molecular complexity index is 531. The van der Waals surface area contributed by atoms with Crippen molar-refractivity contribution in [3.63, 3.8) is 0 Å². The van der Waals surface area contributed by atoms with Crippen LogP contribution < -0.4 is 10.1 Å². The zero-order valence-corrected chi connectivity index (χ0v) is 9.69. The first-order valence-electron chi connectivity index (χ1n) is 5.37. The van der Waals surface area contributed by atoms with Crippen molar-refractivity contribution in [2.45, 2.75) is 12.9 Å². The minimum absolute atomic E-state index is 0.253. The largest absolute Gasteiger partial charge is 0.573 e. The van der Waals surface area contributed by atoms with Gasteiger partial charge in [0, 0.05) is 24.5 Å². The Balaban J connectivity index is 2.08. The van der Waals surface area contributed by atoms with Crippen molar-refractivity contribution >= 4 is 5.69 Å². The van der Waals surface area contributed by atoms with Crippen LogP contribution in [-0.2, 0) is 6.54 Å². The number of ether oxygens (including phenoxy) is 1. The van der Waals surface area contributed by atoms with Crippen LogP contribution >= 0.6 is 0 Å². The van der Waals surface area contributed by atoms with Crippen LogP contribution in [0.4, 0.5) is 18.9 Å². The van der Waals surface area contributed by atoms with Crippen molar-refractivity contribution in [3.05, 3.63) is 48.5 Å². The predicted octanol–water partition coefficient (Wildman–Crippen LogP) is 2.99. The molecule has 1 aromatic carbocycles. The lowest BCUT2D eigenvalue weighted by Crippen LogP contribution is -2.18. The molecule has 0 saturated carbocycles. The first kappa shape index (κ1) is 13.1. The Morgan fingerprint density at radius 3 is 2.47 bits per heavy atom. The molecule has 0 unspecified atom stereocenters. The van der Waals surface area contributed by atoms with E-state index in [9.17, 15) is 13.2 Å². The smallest absolute Gasteiger partial charge is 0.404 e. The van der Waals surface area contributed by atoms with E-state index in [1.54, 1.807) is 18.5 Å². The number of halogens is 3. The van der Waals surface area contributed by atoms with Gasteiger partial charge in [0.2, 0.25) is 0 Å². The maximum Gasteiger partial charge on any atom is 0.573 e. The van der Waals surface area contributed by atoms with Gasteiger partial charge in [0.25, 0.3) is 0 Å². The molecule has 0 bridgehead atoms. The molecule has 0 aliphatic carbocycles. The molecular formula is C12H10F3N3O. The number of nitrogens with one attached hydrogen (secondary N) is 1. The summed E-state index contributed by atoms with van der Waals surface area (Å²) in [6.45, 7) is 0.305. The second-order valence-corrected chi connectivity index (χ2v) is 3.64. The highest BCUT2D eigenvalue weighted by molar-refractivity contribution is 5.56. The van der Waals surface area contributed by atoms with Gasteiger partial charge in [0.1, 0.15) is 6.33 Å². The van der Waals surface area contributed by atoms with Crippen molar-refractivity contribution in [1.29, 1.82) is 0 Å². The Kier molecular flexibility index (Phi) is 3.84. The molecule has 0 fully saturated rings. The molecule has 0 aliphatic heterocycles. The zero-order chi connectivity index (χ0) is 13.7. The molecule has 2 aromatic rings. The fourth-order valence-electron chi connectivity index (χ4n) is 1.44. The highest BCUT2D eigenvalue weighted by Crippen LogP contribution is 2.30. The SMILES string of the molecule is FC(F)(F)Oc1ccccc1NCc1cncnc1. The second kappa shape index (κ2) is 5.55. The number of alkyl halides is 3. The van der Waals surface area contributed by atoms with Gasteiger partial charge in [-0.3, -0.25) is 0 Å². The summed E-state index contributed by atoms with van der Waals surface area (Å²) in [6.07, 6.45) is -0.182. The Labute approximate surface area is 107 Å². The lowest BCUT2D eigenvalue weighted by Gasteiger charge is -2.14. The lowest BCUT2D eigenvalue weighted by atomic mass is 10.2. The number of nitrogens with zero attached hydrogens (tertiary/aromatic N) is 2. The van der Waals surface area contributed by atoms with E-state index in [1.165, 1.54) is 24.5 Å². The van der Waals surface area contributed by atoms with Crippen LogP contribution in [0.1, 0.15) is 5.56 Å². The highest BCUT2D eigenvalue weighted by atomic mass is 19.4. The van der Waals surface area contributed by atoms with Crippen LogP contribution in [0.15, 0.2) is 43.0 Å². The van der Waals surface area contributed by atoms with Crippen LogP contribution in [0.5, 0.6) is 5.75 Å². The Hall–Kier alpha value is -2.31. The van der Waals surface area contributed by atoms with E-state index in [0.717, 1.165) is 5.56 Å². The number of aromatic nitrogens is 2. The summed E-state index contributed by atoms with van der Waals surface area (Å²) in [7, 11) is 0. The highest BCUT2D eigenvalue weighted by Gasteiger charge is 2.31. The van der Waals surface area contributed by atoms with Gasteiger partial charge < -0.3 is 10.1 Å². The van der Waals surface area contributed by atoms with E-state index >= 15 is 0 Å². The van der Waals surface area contributed by atoms with E-state index in [-0.39, 0.29) is 11.4 Å². The van der Waals surface area contributed by atoms with Crippen molar-refractivity contribution < 1.29 is 17.9 Å². The lowest BCUT2D eigenvalue weighted by molar-refractivity contribution is -0.274. The molecule has 1 heterocycles. The first-order chi connectivity index (χ1) is 9.04. The van der Waals surface area contributed by atoms with Gasteiger partial charge in [-0.15, -0.1) is 13.2 Å². The summed E-state index contributed by atoms with van der Waals surface area (Å²) in [4.78, 5) is 7.63. The van der Waals surface area contributed by atoms with Crippen molar-refractivity contribution in [2.24, 2.45) is 0 Å². The minimum atomic E-state index is -4.71.